The first kappa shape index (κ1) is 25.5. The van der Waals surface area contributed by atoms with Crippen LogP contribution in [0.25, 0.3) is 11.1 Å². The summed E-state index contributed by atoms with van der Waals surface area (Å²) in [5.41, 5.74) is 2.45. The van der Waals surface area contributed by atoms with E-state index in [1.54, 1.807) is 29.4 Å². The van der Waals surface area contributed by atoms with Crippen LogP contribution in [0.1, 0.15) is 44.4 Å². The van der Waals surface area contributed by atoms with E-state index in [2.05, 4.69) is 15.1 Å². The summed E-state index contributed by atoms with van der Waals surface area (Å²) in [6.07, 6.45) is 0.0498. The van der Waals surface area contributed by atoms with Crippen LogP contribution in [0.5, 0.6) is 5.75 Å². The van der Waals surface area contributed by atoms with Crippen molar-refractivity contribution in [2.45, 2.75) is 40.0 Å². The third-order valence-electron chi connectivity index (χ3n) is 6.44. The van der Waals surface area contributed by atoms with Crippen molar-refractivity contribution in [2.24, 2.45) is 7.05 Å². The Morgan fingerprint density at radius 1 is 1.03 bits per heavy atom. The number of alkyl halides is 3. The Hall–Kier alpha value is -4.15. The lowest BCUT2D eigenvalue weighted by atomic mass is 9.97. The maximum atomic E-state index is 14.0. The van der Waals surface area contributed by atoms with E-state index in [9.17, 15) is 18.0 Å². The Balaban J connectivity index is 1.64. The van der Waals surface area contributed by atoms with E-state index in [1.165, 1.54) is 13.2 Å². The monoisotopic (exact) mass is 524 g/mol. The molecule has 0 fully saturated rings. The van der Waals surface area contributed by atoms with Crippen LogP contribution in [0.15, 0.2) is 42.9 Å². The van der Waals surface area contributed by atoms with Gasteiger partial charge in [0.2, 0.25) is 0 Å². The average Bonchev–Trinajstić information content (AvgIpc) is 3.38. The van der Waals surface area contributed by atoms with Crippen LogP contribution in [-0.2, 0) is 26.3 Å². The Morgan fingerprint density at radius 3 is 2.47 bits per heavy atom. The second kappa shape index (κ2) is 9.62. The van der Waals surface area contributed by atoms with Crippen LogP contribution in [0.4, 0.5) is 13.2 Å². The number of aryl methyl sites for hydroxylation is 4. The predicted octanol–water partition coefficient (Wildman–Crippen LogP) is 4.71. The zero-order chi connectivity index (χ0) is 27.2. The van der Waals surface area contributed by atoms with Gasteiger partial charge < -0.3 is 14.2 Å². The van der Waals surface area contributed by atoms with Crippen LogP contribution in [-0.4, -0.2) is 48.3 Å². The minimum atomic E-state index is -4.68. The van der Waals surface area contributed by atoms with Gasteiger partial charge in [-0.15, -0.1) is 0 Å². The molecule has 1 aromatic carbocycles. The number of imidazole rings is 1. The summed E-state index contributed by atoms with van der Waals surface area (Å²) in [6, 6.07) is 7.20. The van der Waals surface area contributed by atoms with E-state index in [0.717, 1.165) is 27.5 Å². The highest BCUT2D eigenvalue weighted by atomic mass is 19.4. The molecule has 0 radical (unpaired) electrons. The molecule has 1 aliphatic rings. The van der Waals surface area contributed by atoms with Gasteiger partial charge in [0.05, 0.1) is 24.3 Å². The molecule has 11 heteroatoms. The standard InChI is InChI=1S/C27H27F3N6O2/c1-16-9-17(2)32-20(10-16)14-36-7-8-38-24-21(23-15-34(4)33-25(23)27(28,29)30)11-19(12-22(24)26(36)37)13-35-6-5-31-18(35)3/h5-6,9-12,15H,7-8,13-14H2,1-4H3. The molecule has 0 spiro atoms. The number of pyridine rings is 1. The number of nitrogens with zero attached hydrogens (tertiary/aromatic N) is 6. The van der Waals surface area contributed by atoms with Crippen molar-refractivity contribution in [1.29, 1.82) is 0 Å². The SMILES string of the molecule is Cc1cc(C)nc(CN2CCOc3c(cc(Cn4ccnc4C)cc3-c3cn(C)nc3C(F)(F)F)C2=O)c1. The lowest BCUT2D eigenvalue weighted by Crippen LogP contribution is -2.32. The Labute approximate surface area is 217 Å². The topological polar surface area (TPSA) is 78.1 Å². The summed E-state index contributed by atoms with van der Waals surface area (Å²) in [7, 11) is 1.43. The van der Waals surface area contributed by atoms with Crippen molar-refractivity contribution in [3.63, 3.8) is 0 Å². The second-order valence-corrected chi connectivity index (χ2v) is 9.54. The lowest BCUT2D eigenvalue weighted by molar-refractivity contribution is -0.140. The normalized spacial score (nSPS) is 13.9. The van der Waals surface area contributed by atoms with Gasteiger partial charge in [-0.2, -0.15) is 18.3 Å². The molecule has 38 heavy (non-hydrogen) atoms. The molecule has 0 atom stereocenters. The zero-order valence-corrected chi connectivity index (χ0v) is 21.5. The molecule has 198 valence electrons. The fourth-order valence-electron chi connectivity index (χ4n) is 4.84. The number of fused-ring (bicyclic) bond motifs is 1. The molecule has 4 aromatic rings. The molecule has 1 amide bonds. The van der Waals surface area contributed by atoms with E-state index < -0.39 is 11.9 Å². The first-order valence-electron chi connectivity index (χ1n) is 12.1. The number of rotatable bonds is 5. The number of ether oxygens (including phenoxy) is 1. The summed E-state index contributed by atoms with van der Waals surface area (Å²) < 4.78 is 50.8. The third-order valence-corrected chi connectivity index (χ3v) is 6.44. The van der Waals surface area contributed by atoms with E-state index >= 15 is 0 Å². The van der Waals surface area contributed by atoms with Gasteiger partial charge in [0.25, 0.3) is 5.91 Å². The van der Waals surface area contributed by atoms with Gasteiger partial charge in [0.15, 0.2) is 5.69 Å². The molecule has 8 nitrogen and oxygen atoms in total. The van der Waals surface area contributed by atoms with Gasteiger partial charge in [-0.1, -0.05) is 0 Å². The van der Waals surface area contributed by atoms with Gasteiger partial charge in [0.1, 0.15) is 18.2 Å². The molecular formula is C27H27F3N6O2. The van der Waals surface area contributed by atoms with E-state index in [1.807, 2.05) is 37.5 Å². The highest BCUT2D eigenvalue weighted by molar-refractivity contribution is 6.00. The van der Waals surface area contributed by atoms with Crippen molar-refractivity contribution < 1.29 is 22.7 Å². The van der Waals surface area contributed by atoms with Crippen molar-refractivity contribution in [2.75, 3.05) is 13.2 Å². The fraction of sp³-hybridized carbons (Fsp3) is 0.333. The fourth-order valence-corrected chi connectivity index (χ4v) is 4.84. The number of hydrogen-bond donors (Lipinski definition) is 0. The highest BCUT2D eigenvalue weighted by Crippen LogP contribution is 2.42. The van der Waals surface area contributed by atoms with Gasteiger partial charge in [0, 0.05) is 49.0 Å². The maximum Gasteiger partial charge on any atom is 0.435 e. The van der Waals surface area contributed by atoms with Gasteiger partial charge in [-0.3, -0.25) is 14.5 Å². The van der Waals surface area contributed by atoms with Gasteiger partial charge >= 0.3 is 6.18 Å². The van der Waals surface area contributed by atoms with E-state index in [-0.39, 0.29) is 48.0 Å². The van der Waals surface area contributed by atoms with Crippen LogP contribution >= 0.6 is 0 Å². The summed E-state index contributed by atoms with van der Waals surface area (Å²) in [6.45, 7) is 6.64. The van der Waals surface area contributed by atoms with Gasteiger partial charge in [-0.25, -0.2) is 4.98 Å². The molecule has 0 unspecified atom stereocenters. The van der Waals surface area contributed by atoms with Crippen LogP contribution in [0.3, 0.4) is 0 Å². The summed E-state index contributed by atoms with van der Waals surface area (Å²) in [5, 5.41) is 3.67. The predicted molar refractivity (Wildman–Crippen MR) is 134 cm³/mol. The van der Waals surface area contributed by atoms with E-state index in [4.69, 9.17) is 4.74 Å². The summed E-state index contributed by atoms with van der Waals surface area (Å²) in [5.74, 6) is 0.529. The van der Waals surface area contributed by atoms with Crippen molar-refractivity contribution in [3.05, 3.63) is 82.5 Å². The number of hydrogen-bond acceptors (Lipinski definition) is 5. The molecule has 0 aliphatic carbocycles. The number of carbonyl (C=O) groups excluding carboxylic acids is 1. The Morgan fingerprint density at radius 2 is 1.79 bits per heavy atom. The summed E-state index contributed by atoms with van der Waals surface area (Å²) in [4.78, 5) is 24.3. The number of carbonyl (C=O) groups is 1. The molecule has 0 saturated heterocycles. The van der Waals surface area contributed by atoms with Crippen molar-refractivity contribution in [1.82, 2.24) is 29.2 Å². The minimum absolute atomic E-state index is 0.121. The maximum absolute atomic E-state index is 14.0. The number of halogens is 3. The Kier molecular flexibility index (Phi) is 6.46. The van der Waals surface area contributed by atoms with Crippen LogP contribution < -0.4 is 4.74 Å². The van der Waals surface area contributed by atoms with Crippen LogP contribution in [0.2, 0.25) is 0 Å². The van der Waals surface area contributed by atoms with Gasteiger partial charge in [-0.05, 0) is 56.2 Å². The highest BCUT2D eigenvalue weighted by Gasteiger charge is 2.39. The zero-order valence-electron chi connectivity index (χ0n) is 21.5. The third kappa shape index (κ3) is 5.00. The quantitative estimate of drug-likeness (QED) is 0.378. The van der Waals surface area contributed by atoms with Crippen LogP contribution in [0, 0.1) is 20.8 Å². The molecule has 0 N–H and O–H groups in total. The average molecular weight is 525 g/mol. The molecule has 3 aromatic heterocycles. The second-order valence-electron chi connectivity index (χ2n) is 9.54. The van der Waals surface area contributed by atoms with Crippen molar-refractivity contribution >= 4 is 5.91 Å². The smallest absolute Gasteiger partial charge is 0.435 e. The molecule has 0 bridgehead atoms. The largest absolute Gasteiger partial charge is 0.490 e. The first-order chi connectivity index (χ1) is 18.0. The molecule has 0 saturated carbocycles. The molecule has 5 rings (SSSR count). The number of amides is 1. The molecule has 4 heterocycles. The summed E-state index contributed by atoms with van der Waals surface area (Å²) >= 11 is 0. The number of aromatic nitrogens is 5. The van der Waals surface area contributed by atoms with E-state index in [0.29, 0.717) is 12.1 Å². The molecule has 1 aliphatic heterocycles. The Bertz CT molecular complexity index is 1500. The lowest BCUT2D eigenvalue weighted by Gasteiger charge is -2.20. The minimum Gasteiger partial charge on any atom is -0.490 e. The number of benzene rings is 1. The van der Waals surface area contributed by atoms with Crippen molar-refractivity contribution in [3.8, 4) is 16.9 Å². The molecular weight excluding hydrogens is 497 g/mol. The first-order valence-corrected chi connectivity index (χ1v) is 12.1.